The standard InChI is InChI=1S/C23H28N4O5S/c28-11-18(29)16(8-12-4-6-24-20(12)30)25-21(31)19-15-3-1-2-14(15)10-27(19)23(32)17-9-13-5-7-33-22(13)26-17/h5,7,9,12,14-16,19,26,28H,1-4,6,8,10-11H2,(H,24,30)(H,25,31)/t12-,14-,15-,16?,19-/m0/s1. The van der Waals surface area contributed by atoms with Gasteiger partial charge in [0.2, 0.25) is 11.8 Å². The molecule has 2 aromatic rings. The van der Waals surface area contributed by atoms with Crippen molar-refractivity contribution in [2.24, 2.45) is 17.8 Å². The number of carbonyl (C=O) groups is 4. The van der Waals surface area contributed by atoms with E-state index in [0.717, 1.165) is 29.5 Å². The van der Waals surface area contributed by atoms with Crippen molar-refractivity contribution in [1.29, 1.82) is 0 Å². The highest BCUT2D eigenvalue weighted by Crippen LogP contribution is 2.43. The van der Waals surface area contributed by atoms with Gasteiger partial charge in [0, 0.05) is 24.4 Å². The monoisotopic (exact) mass is 472 g/mol. The summed E-state index contributed by atoms with van der Waals surface area (Å²) in [6.07, 6.45) is 3.58. The van der Waals surface area contributed by atoms with Crippen LogP contribution in [-0.2, 0) is 14.4 Å². The lowest BCUT2D eigenvalue weighted by atomic mass is 9.92. The molecule has 0 bridgehead atoms. The SMILES string of the molecule is O=C(CO)C(C[C@@H]1CCNC1=O)NC(=O)[C@@H]1[C@H]2CCC[C@H]2CN1C(=O)c1cc2ccsc2[nH]1. The summed E-state index contributed by atoms with van der Waals surface area (Å²) in [6, 6.07) is 2.14. The predicted octanol–water partition coefficient (Wildman–Crippen LogP) is 1.04. The lowest BCUT2D eigenvalue weighted by molar-refractivity contribution is -0.133. The summed E-state index contributed by atoms with van der Waals surface area (Å²) in [7, 11) is 0. The van der Waals surface area contributed by atoms with Crippen molar-refractivity contribution >= 4 is 45.1 Å². The molecule has 9 nitrogen and oxygen atoms in total. The number of aromatic nitrogens is 1. The molecular formula is C23H28N4O5S. The van der Waals surface area contributed by atoms with Gasteiger partial charge in [-0.1, -0.05) is 6.42 Å². The lowest BCUT2D eigenvalue weighted by Gasteiger charge is -2.29. The van der Waals surface area contributed by atoms with Crippen molar-refractivity contribution < 1.29 is 24.3 Å². The fourth-order valence-electron chi connectivity index (χ4n) is 5.76. The van der Waals surface area contributed by atoms with E-state index in [0.29, 0.717) is 25.2 Å². The van der Waals surface area contributed by atoms with Gasteiger partial charge in [-0.3, -0.25) is 19.2 Å². The number of aromatic amines is 1. The van der Waals surface area contributed by atoms with Crippen molar-refractivity contribution in [1.82, 2.24) is 20.5 Å². The molecule has 2 aromatic heterocycles. The Morgan fingerprint density at radius 3 is 2.85 bits per heavy atom. The molecule has 1 saturated carbocycles. The zero-order chi connectivity index (χ0) is 23.1. The van der Waals surface area contributed by atoms with Crippen LogP contribution in [0.1, 0.15) is 42.6 Å². The van der Waals surface area contributed by atoms with Gasteiger partial charge in [0.1, 0.15) is 23.2 Å². The van der Waals surface area contributed by atoms with Gasteiger partial charge in [-0.15, -0.1) is 11.3 Å². The third kappa shape index (κ3) is 4.06. The number of rotatable bonds is 7. The van der Waals surface area contributed by atoms with Gasteiger partial charge in [0.25, 0.3) is 5.91 Å². The first kappa shape index (κ1) is 22.1. The van der Waals surface area contributed by atoms with E-state index in [1.54, 1.807) is 4.90 Å². The Morgan fingerprint density at radius 1 is 1.27 bits per heavy atom. The number of thiophene rings is 1. The molecule has 2 saturated heterocycles. The molecule has 4 N–H and O–H groups in total. The topological polar surface area (TPSA) is 132 Å². The second-order valence-corrected chi connectivity index (χ2v) is 10.3. The lowest BCUT2D eigenvalue weighted by Crippen LogP contribution is -2.53. The van der Waals surface area contributed by atoms with Crippen LogP contribution in [0.3, 0.4) is 0 Å². The van der Waals surface area contributed by atoms with Gasteiger partial charge in [-0.05, 0) is 55.0 Å². The predicted molar refractivity (Wildman–Crippen MR) is 122 cm³/mol. The molecule has 10 heteroatoms. The van der Waals surface area contributed by atoms with E-state index in [1.165, 1.54) is 11.3 Å². The zero-order valence-corrected chi connectivity index (χ0v) is 19.0. The van der Waals surface area contributed by atoms with Gasteiger partial charge < -0.3 is 25.6 Å². The molecule has 2 aliphatic heterocycles. The average Bonchev–Trinajstić information content (AvgIpc) is 3.58. The van der Waals surface area contributed by atoms with E-state index in [-0.39, 0.29) is 41.9 Å². The van der Waals surface area contributed by atoms with Crippen LogP contribution in [0.25, 0.3) is 10.2 Å². The van der Waals surface area contributed by atoms with Crippen LogP contribution in [-0.4, -0.2) is 70.3 Å². The van der Waals surface area contributed by atoms with E-state index in [2.05, 4.69) is 15.6 Å². The average molecular weight is 473 g/mol. The number of hydrogen-bond acceptors (Lipinski definition) is 6. The van der Waals surface area contributed by atoms with Crippen LogP contribution >= 0.6 is 11.3 Å². The maximum atomic E-state index is 13.5. The van der Waals surface area contributed by atoms with Gasteiger partial charge in [-0.25, -0.2) is 0 Å². The third-order valence-electron chi connectivity index (χ3n) is 7.44. The Bertz CT molecular complexity index is 1070. The summed E-state index contributed by atoms with van der Waals surface area (Å²) < 4.78 is 0. The minimum absolute atomic E-state index is 0.0460. The van der Waals surface area contributed by atoms with Gasteiger partial charge in [-0.2, -0.15) is 0 Å². The van der Waals surface area contributed by atoms with Crippen molar-refractivity contribution in [3.63, 3.8) is 0 Å². The van der Waals surface area contributed by atoms with Crippen LogP contribution in [0.2, 0.25) is 0 Å². The van der Waals surface area contributed by atoms with E-state index in [4.69, 9.17) is 0 Å². The Labute approximate surface area is 194 Å². The van der Waals surface area contributed by atoms with Crippen LogP contribution in [0, 0.1) is 17.8 Å². The van der Waals surface area contributed by atoms with E-state index < -0.39 is 24.5 Å². The molecule has 4 heterocycles. The molecule has 33 heavy (non-hydrogen) atoms. The number of nitrogens with zero attached hydrogens (tertiary/aromatic N) is 1. The number of fused-ring (bicyclic) bond motifs is 2. The molecule has 3 aliphatic rings. The highest BCUT2D eigenvalue weighted by molar-refractivity contribution is 7.16. The molecule has 5 rings (SSSR count). The number of likely N-dealkylation sites (tertiary alicyclic amines) is 1. The highest BCUT2D eigenvalue weighted by Gasteiger charge is 2.50. The smallest absolute Gasteiger partial charge is 0.271 e. The molecule has 0 spiro atoms. The highest BCUT2D eigenvalue weighted by atomic mass is 32.1. The molecule has 3 fully saturated rings. The Balaban J connectivity index is 1.37. The number of H-pyrrole nitrogens is 1. The second-order valence-electron chi connectivity index (χ2n) is 9.34. The maximum Gasteiger partial charge on any atom is 0.271 e. The number of aliphatic hydroxyl groups is 1. The first-order chi connectivity index (χ1) is 16.0. The maximum absolute atomic E-state index is 13.5. The quantitative estimate of drug-likeness (QED) is 0.478. The molecule has 3 amide bonds. The first-order valence-corrected chi connectivity index (χ1v) is 12.4. The van der Waals surface area contributed by atoms with Crippen molar-refractivity contribution in [2.45, 2.75) is 44.2 Å². The Hall–Kier alpha value is -2.72. The van der Waals surface area contributed by atoms with Crippen molar-refractivity contribution in [2.75, 3.05) is 19.7 Å². The van der Waals surface area contributed by atoms with E-state index >= 15 is 0 Å². The minimum atomic E-state index is -0.954. The number of hydrogen-bond donors (Lipinski definition) is 4. The molecule has 1 aliphatic carbocycles. The minimum Gasteiger partial charge on any atom is -0.389 e. The molecule has 176 valence electrons. The molecular weight excluding hydrogens is 444 g/mol. The summed E-state index contributed by atoms with van der Waals surface area (Å²) in [6.45, 7) is 0.343. The molecule has 0 aromatic carbocycles. The number of amides is 3. The van der Waals surface area contributed by atoms with Crippen LogP contribution in [0.15, 0.2) is 17.5 Å². The second kappa shape index (κ2) is 8.90. The summed E-state index contributed by atoms with van der Waals surface area (Å²) >= 11 is 1.52. The number of Topliss-reactive ketones (excluding diaryl/α,β-unsaturated/α-hetero) is 1. The summed E-state index contributed by atoms with van der Waals surface area (Å²) in [5.74, 6) is -1.33. The molecule has 1 unspecified atom stereocenters. The number of ketones is 1. The summed E-state index contributed by atoms with van der Waals surface area (Å²) in [4.78, 5) is 57.1. The van der Waals surface area contributed by atoms with Gasteiger partial charge in [0.15, 0.2) is 5.78 Å². The third-order valence-corrected chi connectivity index (χ3v) is 8.28. The summed E-state index contributed by atoms with van der Waals surface area (Å²) in [5, 5.41) is 17.9. The normalized spacial score (nSPS) is 27.5. The van der Waals surface area contributed by atoms with Crippen LogP contribution in [0.4, 0.5) is 0 Å². The van der Waals surface area contributed by atoms with E-state index in [9.17, 15) is 24.3 Å². The number of aliphatic hydroxyl groups excluding tert-OH is 1. The molecule has 0 radical (unpaired) electrons. The van der Waals surface area contributed by atoms with Gasteiger partial charge in [0.05, 0.1) is 6.04 Å². The number of carbonyl (C=O) groups excluding carboxylic acids is 4. The van der Waals surface area contributed by atoms with Crippen LogP contribution < -0.4 is 10.6 Å². The summed E-state index contributed by atoms with van der Waals surface area (Å²) in [5.41, 5.74) is 0.459. The van der Waals surface area contributed by atoms with Crippen molar-refractivity contribution in [3.05, 3.63) is 23.2 Å². The number of nitrogens with one attached hydrogen (secondary N) is 3. The van der Waals surface area contributed by atoms with Crippen LogP contribution in [0.5, 0.6) is 0 Å². The largest absolute Gasteiger partial charge is 0.389 e. The Kier molecular flexibility index (Phi) is 5.96. The van der Waals surface area contributed by atoms with Gasteiger partial charge >= 0.3 is 0 Å². The zero-order valence-electron chi connectivity index (χ0n) is 18.2. The van der Waals surface area contributed by atoms with Crippen molar-refractivity contribution in [3.8, 4) is 0 Å². The fourth-order valence-corrected chi connectivity index (χ4v) is 6.54. The first-order valence-electron chi connectivity index (χ1n) is 11.5. The Morgan fingerprint density at radius 2 is 2.12 bits per heavy atom. The molecule has 5 atom stereocenters. The van der Waals surface area contributed by atoms with E-state index in [1.807, 2.05) is 17.5 Å². The fraction of sp³-hybridized carbons (Fsp3) is 0.565.